The van der Waals surface area contributed by atoms with Crippen molar-refractivity contribution in [1.82, 2.24) is 0 Å². The Kier molecular flexibility index (Phi) is 7.41. The molecule has 4 nitrogen and oxygen atoms in total. The number of carbonyl (C=O) groups excluding carboxylic acids is 2. The first-order valence-corrected chi connectivity index (χ1v) is 10.5. The van der Waals surface area contributed by atoms with Crippen molar-refractivity contribution >= 4 is 29.1 Å². The van der Waals surface area contributed by atoms with E-state index in [2.05, 4.69) is 5.73 Å². The largest absolute Gasteiger partial charge is 0.377 e. The Bertz CT molecular complexity index is 1220. The summed E-state index contributed by atoms with van der Waals surface area (Å²) in [6.07, 6.45) is 7.06. The van der Waals surface area contributed by atoms with E-state index in [1.54, 1.807) is 24.1 Å². The van der Waals surface area contributed by atoms with Crippen LogP contribution >= 0.6 is 0 Å². The second-order valence-electron chi connectivity index (χ2n) is 8.10. The summed E-state index contributed by atoms with van der Waals surface area (Å²) in [6, 6.07) is 7.88. The molecular weight excluding hydrogens is 422 g/mol. The van der Waals surface area contributed by atoms with Gasteiger partial charge in [-0.1, -0.05) is 11.8 Å². The molecule has 0 spiro atoms. The topological polar surface area (TPSA) is 40.6 Å². The Balaban J connectivity index is 2.03. The van der Waals surface area contributed by atoms with Crippen LogP contribution in [0.1, 0.15) is 27.9 Å². The zero-order valence-corrected chi connectivity index (χ0v) is 19.2. The molecule has 0 amide bonds. The lowest BCUT2D eigenvalue weighted by Gasteiger charge is -2.27. The predicted octanol–water partition coefficient (Wildman–Crippen LogP) is 5.79. The maximum absolute atomic E-state index is 13.9. The number of Topliss-reactive ketones (excluding diaryl/α,β-unsaturated/α-hetero) is 1. The zero-order valence-electron chi connectivity index (χ0n) is 19.2. The Morgan fingerprint density at radius 2 is 1.85 bits per heavy atom. The highest BCUT2D eigenvalue weighted by Crippen LogP contribution is 2.35. The summed E-state index contributed by atoms with van der Waals surface area (Å²) in [4.78, 5) is 28.3. The first-order valence-electron chi connectivity index (χ1n) is 10.5. The second-order valence-corrected chi connectivity index (χ2v) is 8.10. The monoisotopic (exact) mass is 448 g/mol. The van der Waals surface area contributed by atoms with Crippen LogP contribution in [0.4, 0.5) is 25.8 Å². The maximum Gasteiger partial charge on any atom is 0.165 e. The fraction of sp³-hybridized carbons (Fsp3) is 0.222. The van der Waals surface area contributed by atoms with Gasteiger partial charge in [-0.25, -0.2) is 4.39 Å². The van der Waals surface area contributed by atoms with E-state index in [0.29, 0.717) is 29.5 Å². The number of halogens is 2. The molecule has 6 heteroatoms. The average Bonchev–Trinajstić information content (AvgIpc) is 2.76. The van der Waals surface area contributed by atoms with E-state index in [9.17, 15) is 18.4 Å². The van der Waals surface area contributed by atoms with E-state index < -0.39 is 11.6 Å². The molecule has 0 saturated heterocycles. The highest BCUT2D eigenvalue weighted by atomic mass is 19.1. The van der Waals surface area contributed by atoms with E-state index in [1.807, 2.05) is 38.1 Å². The number of rotatable bonds is 7. The molecule has 0 bridgehead atoms. The van der Waals surface area contributed by atoms with Crippen molar-refractivity contribution in [3.63, 3.8) is 0 Å². The van der Waals surface area contributed by atoms with Crippen LogP contribution in [0.15, 0.2) is 71.8 Å². The molecule has 1 aliphatic carbocycles. The summed E-state index contributed by atoms with van der Waals surface area (Å²) in [6.45, 7) is 1.93. The number of hydrogen-bond acceptors (Lipinski definition) is 4. The normalized spacial score (nSPS) is 14.6. The number of anilines is 3. The molecule has 0 N–H and O–H groups in total. The third kappa shape index (κ3) is 5.54. The number of benzene rings is 2. The van der Waals surface area contributed by atoms with E-state index in [-0.39, 0.29) is 12.2 Å². The molecule has 2 aromatic rings. The van der Waals surface area contributed by atoms with Crippen molar-refractivity contribution < 1.29 is 18.4 Å². The molecule has 0 aliphatic heterocycles. The van der Waals surface area contributed by atoms with Crippen LogP contribution in [0.5, 0.6) is 0 Å². The third-order valence-corrected chi connectivity index (χ3v) is 5.54. The maximum atomic E-state index is 13.9. The highest BCUT2D eigenvalue weighted by Gasteiger charge is 2.19. The van der Waals surface area contributed by atoms with Gasteiger partial charge in [0.05, 0.1) is 5.69 Å². The lowest BCUT2D eigenvalue weighted by atomic mass is 9.96. The van der Waals surface area contributed by atoms with E-state index >= 15 is 0 Å². The summed E-state index contributed by atoms with van der Waals surface area (Å²) in [5.41, 5.74) is 7.17. The van der Waals surface area contributed by atoms with Crippen molar-refractivity contribution in [2.24, 2.45) is 0 Å². The molecule has 2 aromatic carbocycles. The van der Waals surface area contributed by atoms with Gasteiger partial charge in [0.2, 0.25) is 0 Å². The number of aryl methyl sites for hydroxylation is 1. The fourth-order valence-corrected chi connectivity index (χ4v) is 3.80. The number of allylic oxidation sites excluding steroid dienone is 5. The summed E-state index contributed by atoms with van der Waals surface area (Å²) < 4.78 is 27.3. The van der Waals surface area contributed by atoms with Gasteiger partial charge < -0.3 is 9.80 Å². The SMILES string of the molecule is Cc1cc(N(C)C)c(CC(=O)/C2=C/C=C=C(F)C=CC2)cc1N(C)c1cc(F)ccc1C=O. The van der Waals surface area contributed by atoms with Crippen molar-refractivity contribution in [3.8, 4) is 0 Å². The predicted molar refractivity (Wildman–Crippen MR) is 129 cm³/mol. The van der Waals surface area contributed by atoms with Gasteiger partial charge in [0, 0.05) is 44.5 Å². The molecule has 0 aromatic heterocycles. The molecule has 33 heavy (non-hydrogen) atoms. The summed E-state index contributed by atoms with van der Waals surface area (Å²) in [7, 11) is 5.56. The van der Waals surface area contributed by atoms with Crippen LogP contribution in [0.2, 0.25) is 0 Å². The molecule has 0 radical (unpaired) electrons. The first-order chi connectivity index (χ1) is 15.7. The standard InChI is InChI=1S/C27H26F2N2O2/c1-18-13-25(30(2)3)21(15-27(33)19-7-5-9-22(28)10-6-8-19)14-24(18)31(4)26-16-23(29)12-11-20(26)17-32/h5-7,10-14,16-17H,8,15H2,1-4H3/b10-6?,19-7+. The number of hydrogen-bond donors (Lipinski definition) is 0. The molecule has 0 saturated carbocycles. The molecule has 0 unspecified atom stereocenters. The molecule has 1 aliphatic rings. The molecule has 170 valence electrons. The molecular formula is C27H26F2N2O2. The van der Waals surface area contributed by atoms with Crippen molar-refractivity contribution in [1.29, 1.82) is 0 Å². The Morgan fingerprint density at radius 1 is 1.09 bits per heavy atom. The van der Waals surface area contributed by atoms with E-state index in [1.165, 1.54) is 30.4 Å². The quantitative estimate of drug-likeness (QED) is 0.397. The van der Waals surface area contributed by atoms with Gasteiger partial charge in [-0.2, -0.15) is 4.39 Å². The third-order valence-electron chi connectivity index (χ3n) is 5.54. The summed E-state index contributed by atoms with van der Waals surface area (Å²) >= 11 is 0. The Hall–Kier alpha value is -3.76. The second kappa shape index (κ2) is 10.2. The molecule has 0 heterocycles. The fourth-order valence-electron chi connectivity index (χ4n) is 3.80. The summed E-state index contributed by atoms with van der Waals surface area (Å²) in [5, 5.41) is 0. The van der Waals surface area contributed by atoms with E-state index in [4.69, 9.17) is 0 Å². The number of ketones is 1. The van der Waals surface area contributed by atoms with Crippen LogP contribution in [0.25, 0.3) is 0 Å². The van der Waals surface area contributed by atoms with Gasteiger partial charge in [0.1, 0.15) is 5.82 Å². The van der Waals surface area contributed by atoms with Gasteiger partial charge in [-0.3, -0.25) is 9.59 Å². The first kappa shape index (κ1) is 23.9. The van der Waals surface area contributed by atoms with Gasteiger partial charge in [0.15, 0.2) is 17.9 Å². The number of nitrogens with zero attached hydrogens (tertiary/aromatic N) is 2. The van der Waals surface area contributed by atoms with Gasteiger partial charge >= 0.3 is 0 Å². The average molecular weight is 449 g/mol. The lowest BCUT2D eigenvalue weighted by Crippen LogP contribution is -2.18. The lowest BCUT2D eigenvalue weighted by molar-refractivity contribution is -0.115. The minimum Gasteiger partial charge on any atom is -0.377 e. The van der Waals surface area contributed by atoms with Crippen LogP contribution in [-0.4, -0.2) is 33.2 Å². The minimum absolute atomic E-state index is 0.0834. The van der Waals surface area contributed by atoms with Crippen LogP contribution in [0, 0.1) is 12.7 Å². The van der Waals surface area contributed by atoms with Crippen LogP contribution in [-0.2, 0) is 11.2 Å². The molecule has 0 atom stereocenters. The minimum atomic E-state index is -0.481. The molecule has 3 rings (SSSR count). The zero-order chi connectivity index (χ0) is 24.1. The van der Waals surface area contributed by atoms with Crippen LogP contribution in [0.3, 0.4) is 0 Å². The number of aldehydes is 1. The smallest absolute Gasteiger partial charge is 0.165 e. The van der Waals surface area contributed by atoms with E-state index in [0.717, 1.165) is 22.5 Å². The highest BCUT2D eigenvalue weighted by molar-refractivity contribution is 5.98. The Labute approximate surface area is 192 Å². The van der Waals surface area contributed by atoms with Gasteiger partial charge in [-0.15, -0.1) is 0 Å². The van der Waals surface area contributed by atoms with Gasteiger partial charge in [-0.05, 0) is 78.6 Å². The Morgan fingerprint density at radius 3 is 2.55 bits per heavy atom. The van der Waals surface area contributed by atoms with Crippen molar-refractivity contribution in [3.05, 3.63) is 94.3 Å². The van der Waals surface area contributed by atoms with Crippen molar-refractivity contribution in [2.45, 2.75) is 19.8 Å². The number of carbonyl (C=O) groups is 2. The van der Waals surface area contributed by atoms with Gasteiger partial charge in [0.25, 0.3) is 0 Å². The van der Waals surface area contributed by atoms with Crippen LogP contribution < -0.4 is 9.80 Å². The molecule has 0 fully saturated rings. The summed E-state index contributed by atoms with van der Waals surface area (Å²) in [5.74, 6) is -1.01. The van der Waals surface area contributed by atoms with Crippen molar-refractivity contribution in [2.75, 3.05) is 30.9 Å².